The maximum atomic E-state index is 11.7. The summed E-state index contributed by atoms with van der Waals surface area (Å²) in [5.41, 5.74) is 6.15. The summed E-state index contributed by atoms with van der Waals surface area (Å²) < 4.78 is 39.6. The van der Waals surface area contributed by atoms with E-state index >= 15 is 0 Å². The summed E-state index contributed by atoms with van der Waals surface area (Å²) in [6.07, 6.45) is -3.01. The van der Waals surface area contributed by atoms with Crippen molar-refractivity contribution >= 4 is 11.5 Å². The number of alkyl halides is 3. The van der Waals surface area contributed by atoms with Gasteiger partial charge in [0.15, 0.2) is 0 Å². The Morgan fingerprint density at radius 3 is 2.78 bits per heavy atom. The van der Waals surface area contributed by atoms with Gasteiger partial charge in [-0.2, -0.15) is 18.4 Å². The van der Waals surface area contributed by atoms with Gasteiger partial charge in [-0.1, -0.05) is 0 Å². The minimum Gasteiger partial charge on any atom is -0.396 e. The lowest BCUT2D eigenvalue weighted by atomic mass is 10.3. The van der Waals surface area contributed by atoms with Crippen LogP contribution in [0.25, 0.3) is 0 Å². The second kappa shape index (κ2) is 6.07. The van der Waals surface area contributed by atoms with Gasteiger partial charge >= 0.3 is 6.18 Å². The third-order valence-corrected chi connectivity index (χ3v) is 1.85. The fourth-order valence-electron chi connectivity index (χ4n) is 1.12. The van der Waals surface area contributed by atoms with E-state index in [-0.39, 0.29) is 18.8 Å². The van der Waals surface area contributed by atoms with Crippen molar-refractivity contribution in [2.24, 2.45) is 0 Å². The Kier molecular flexibility index (Phi) is 4.74. The van der Waals surface area contributed by atoms with Crippen LogP contribution >= 0.6 is 0 Å². The van der Waals surface area contributed by atoms with Crippen LogP contribution in [-0.4, -0.2) is 30.9 Å². The first-order valence-corrected chi connectivity index (χ1v) is 4.96. The Balaban J connectivity index is 2.34. The molecule has 0 aliphatic carbocycles. The Morgan fingerprint density at radius 2 is 2.22 bits per heavy atom. The van der Waals surface area contributed by atoms with Gasteiger partial charge in [-0.25, -0.2) is 4.98 Å². The molecule has 1 heterocycles. The van der Waals surface area contributed by atoms with Gasteiger partial charge in [0.2, 0.25) is 0 Å². The average molecular weight is 260 g/mol. The maximum absolute atomic E-state index is 11.7. The maximum Gasteiger partial charge on any atom is 0.411 e. The molecule has 0 spiro atoms. The van der Waals surface area contributed by atoms with Crippen LogP contribution in [0.2, 0.25) is 0 Å². The van der Waals surface area contributed by atoms with Gasteiger partial charge in [-0.05, 0) is 6.07 Å². The van der Waals surface area contributed by atoms with Crippen LogP contribution in [0.1, 0.15) is 5.56 Å². The van der Waals surface area contributed by atoms with Gasteiger partial charge in [-0.3, -0.25) is 0 Å². The number of hydrogen-bond donors (Lipinski definition) is 2. The Morgan fingerprint density at radius 1 is 1.50 bits per heavy atom. The van der Waals surface area contributed by atoms with E-state index in [2.05, 4.69) is 15.0 Å². The van der Waals surface area contributed by atoms with E-state index in [1.165, 1.54) is 12.3 Å². The highest BCUT2D eigenvalue weighted by molar-refractivity contribution is 5.62. The Labute approximate surface area is 101 Å². The monoisotopic (exact) mass is 260 g/mol. The van der Waals surface area contributed by atoms with Gasteiger partial charge in [-0.15, -0.1) is 0 Å². The molecule has 5 nitrogen and oxygen atoms in total. The molecular formula is C10H11F3N4O. The lowest BCUT2D eigenvalue weighted by molar-refractivity contribution is -0.172. The zero-order valence-corrected chi connectivity index (χ0v) is 9.29. The van der Waals surface area contributed by atoms with Crippen molar-refractivity contribution in [1.82, 2.24) is 4.98 Å². The van der Waals surface area contributed by atoms with Gasteiger partial charge in [0, 0.05) is 12.7 Å². The third kappa shape index (κ3) is 4.88. The molecule has 0 aliphatic heterocycles. The predicted molar refractivity (Wildman–Crippen MR) is 58.7 cm³/mol. The van der Waals surface area contributed by atoms with E-state index in [0.717, 1.165) is 0 Å². The van der Waals surface area contributed by atoms with Gasteiger partial charge < -0.3 is 15.8 Å². The first-order valence-electron chi connectivity index (χ1n) is 4.96. The van der Waals surface area contributed by atoms with Crippen molar-refractivity contribution in [2.45, 2.75) is 6.18 Å². The van der Waals surface area contributed by atoms with Crippen LogP contribution in [-0.2, 0) is 4.74 Å². The Bertz CT molecular complexity index is 442. The topological polar surface area (TPSA) is 84.0 Å². The lowest BCUT2D eigenvalue weighted by Crippen LogP contribution is -2.20. The number of rotatable bonds is 5. The molecule has 0 unspecified atom stereocenters. The number of pyridine rings is 1. The standard InChI is InChI=1S/C10H11F3N4O/c11-10(12,13)6-18-2-1-16-9-8(15)3-7(4-14)5-17-9/h3,5H,1-2,6,15H2,(H,16,17). The van der Waals surface area contributed by atoms with Crippen LogP contribution in [0.15, 0.2) is 12.3 Å². The lowest BCUT2D eigenvalue weighted by Gasteiger charge is -2.10. The fourth-order valence-corrected chi connectivity index (χ4v) is 1.12. The molecule has 0 radical (unpaired) electrons. The van der Waals surface area contributed by atoms with Crippen molar-refractivity contribution in [3.05, 3.63) is 17.8 Å². The van der Waals surface area contributed by atoms with Gasteiger partial charge in [0.1, 0.15) is 18.5 Å². The molecule has 0 fully saturated rings. The molecule has 18 heavy (non-hydrogen) atoms. The molecule has 3 N–H and O–H groups in total. The Hall–Kier alpha value is -2.01. The molecule has 0 aliphatic rings. The van der Waals surface area contributed by atoms with Crippen molar-refractivity contribution < 1.29 is 17.9 Å². The van der Waals surface area contributed by atoms with Crippen LogP contribution in [0, 0.1) is 11.3 Å². The number of halogens is 3. The number of ether oxygens (including phenoxy) is 1. The van der Waals surface area contributed by atoms with Crippen LogP contribution in [0.3, 0.4) is 0 Å². The molecule has 0 atom stereocenters. The highest BCUT2D eigenvalue weighted by atomic mass is 19.4. The summed E-state index contributed by atoms with van der Waals surface area (Å²) in [5, 5.41) is 11.3. The molecule has 0 saturated carbocycles. The molecule has 1 aromatic rings. The average Bonchev–Trinajstić information content (AvgIpc) is 2.29. The van der Waals surface area contributed by atoms with E-state index < -0.39 is 12.8 Å². The quantitative estimate of drug-likeness (QED) is 0.784. The molecule has 0 amide bonds. The van der Waals surface area contributed by atoms with Crippen molar-refractivity contribution in [3.8, 4) is 6.07 Å². The largest absolute Gasteiger partial charge is 0.411 e. The van der Waals surface area contributed by atoms with Crippen LogP contribution in [0.4, 0.5) is 24.7 Å². The van der Waals surface area contributed by atoms with E-state index in [9.17, 15) is 13.2 Å². The number of anilines is 2. The van der Waals surface area contributed by atoms with Crippen molar-refractivity contribution in [3.63, 3.8) is 0 Å². The fraction of sp³-hybridized carbons (Fsp3) is 0.400. The second-order valence-electron chi connectivity index (χ2n) is 3.37. The molecular weight excluding hydrogens is 249 g/mol. The summed E-state index contributed by atoms with van der Waals surface area (Å²) in [6, 6.07) is 3.29. The smallest absolute Gasteiger partial charge is 0.396 e. The minimum atomic E-state index is -4.33. The van der Waals surface area contributed by atoms with Crippen LogP contribution in [0.5, 0.6) is 0 Å². The summed E-state index contributed by atoms with van der Waals surface area (Å²) in [7, 11) is 0. The molecule has 1 aromatic heterocycles. The molecule has 1 rings (SSSR count). The normalized spacial score (nSPS) is 11.0. The van der Waals surface area contributed by atoms with E-state index in [0.29, 0.717) is 11.4 Å². The summed E-state index contributed by atoms with van der Waals surface area (Å²) in [5.74, 6) is 0.310. The zero-order valence-electron chi connectivity index (χ0n) is 9.29. The zero-order chi connectivity index (χ0) is 13.6. The van der Waals surface area contributed by atoms with Crippen molar-refractivity contribution in [1.29, 1.82) is 5.26 Å². The first-order chi connectivity index (χ1) is 8.42. The van der Waals surface area contributed by atoms with E-state index in [1.807, 2.05) is 6.07 Å². The SMILES string of the molecule is N#Cc1cnc(NCCOCC(F)(F)F)c(N)c1. The van der Waals surface area contributed by atoms with Crippen molar-refractivity contribution in [2.75, 3.05) is 30.8 Å². The number of aromatic nitrogens is 1. The highest BCUT2D eigenvalue weighted by Gasteiger charge is 2.27. The predicted octanol–water partition coefficient (Wildman–Crippen LogP) is 1.53. The van der Waals surface area contributed by atoms with E-state index in [4.69, 9.17) is 11.0 Å². The molecule has 0 saturated heterocycles. The van der Waals surface area contributed by atoms with Gasteiger partial charge in [0.25, 0.3) is 0 Å². The van der Waals surface area contributed by atoms with Crippen LogP contribution < -0.4 is 11.1 Å². The number of nitrogens with two attached hydrogens (primary N) is 1. The van der Waals surface area contributed by atoms with Gasteiger partial charge in [0.05, 0.1) is 17.9 Å². The second-order valence-corrected chi connectivity index (χ2v) is 3.37. The third-order valence-electron chi connectivity index (χ3n) is 1.85. The summed E-state index contributed by atoms with van der Waals surface area (Å²) in [4.78, 5) is 3.86. The van der Waals surface area contributed by atoms with E-state index in [1.54, 1.807) is 0 Å². The number of nitrogen functional groups attached to an aromatic ring is 1. The molecule has 98 valence electrons. The number of nitrogens with zero attached hydrogens (tertiary/aromatic N) is 2. The summed E-state index contributed by atoms with van der Waals surface area (Å²) in [6.45, 7) is -1.27. The number of nitriles is 1. The first kappa shape index (κ1) is 14.1. The molecule has 0 aromatic carbocycles. The number of nitrogens with one attached hydrogen (secondary N) is 1. The highest BCUT2D eigenvalue weighted by Crippen LogP contribution is 2.16. The molecule has 0 bridgehead atoms. The molecule has 8 heteroatoms. The summed E-state index contributed by atoms with van der Waals surface area (Å²) >= 11 is 0. The minimum absolute atomic E-state index is 0.124. The number of hydrogen-bond acceptors (Lipinski definition) is 5.